The van der Waals surface area contributed by atoms with Crippen molar-refractivity contribution in [2.24, 2.45) is 0 Å². The van der Waals surface area contributed by atoms with Crippen LogP contribution in [0.15, 0.2) is 48.8 Å². The molecule has 6 heteroatoms. The second kappa shape index (κ2) is 8.49. The summed E-state index contributed by atoms with van der Waals surface area (Å²) in [5, 5.41) is 2.89. The minimum atomic E-state index is -0.479. The number of para-hydroxylation sites is 3. The number of carbonyl (C=O) groups excluding carboxylic acids is 2. The number of hydrogen-bond donors (Lipinski definition) is 1. The van der Waals surface area contributed by atoms with Crippen LogP contribution in [0, 0.1) is 0 Å². The lowest BCUT2D eigenvalue weighted by Gasteiger charge is -2.14. The van der Waals surface area contributed by atoms with Crippen molar-refractivity contribution < 1.29 is 14.3 Å². The third kappa shape index (κ3) is 4.34. The molecule has 0 saturated heterocycles. The number of rotatable bonds is 7. The van der Waals surface area contributed by atoms with Gasteiger partial charge in [-0.1, -0.05) is 44.2 Å². The molecule has 0 atom stereocenters. The molecular weight excluding hydrogens is 342 g/mol. The Bertz CT molecular complexity index is 940. The smallest absolute Gasteiger partial charge is 0.326 e. The second-order valence-corrected chi connectivity index (χ2v) is 6.23. The van der Waals surface area contributed by atoms with Gasteiger partial charge in [-0.15, -0.1) is 0 Å². The van der Waals surface area contributed by atoms with Crippen LogP contribution in [-0.2, 0) is 33.7 Å². The number of carbonyl (C=O) groups is 2. The summed E-state index contributed by atoms with van der Waals surface area (Å²) in [6.07, 6.45) is 3.23. The average molecular weight is 365 g/mol. The largest absolute Gasteiger partial charge is 0.454 e. The van der Waals surface area contributed by atoms with Gasteiger partial charge < -0.3 is 14.6 Å². The number of amides is 1. The maximum atomic E-state index is 12.3. The number of nitrogens with one attached hydrogen (secondary N) is 1. The molecule has 2 aromatic carbocycles. The van der Waals surface area contributed by atoms with E-state index in [-0.39, 0.29) is 19.1 Å². The van der Waals surface area contributed by atoms with Crippen molar-refractivity contribution in [3.8, 4) is 0 Å². The first kappa shape index (κ1) is 18.6. The summed E-state index contributed by atoms with van der Waals surface area (Å²) in [6, 6.07) is 13.5. The lowest BCUT2D eigenvalue weighted by Crippen LogP contribution is -2.23. The monoisotopic (exact) mass is 365 g/mol. The van der Waals surface area contributed by atoms with Gasteiger partial charge in [-0.05, 0) is 36.1 Å². The third-order valence-electron chi connectivity index (χ3n) is 4.45. The van der Waals surface area contributed by atoms with Crippen LogP contribution < -0.4 is 5.32 Å². The van der Waals surface area contributed by atoms with E-state index in [0.717, 1.165) is 40.7 Å². The fourth-order valence-corrected chi connectivity index (χ4v) is 3.05. The molecule has 0 aliphatic carbocycles. The number of anilines is 1. The fraction of sp³-hybridized carbons (Fsp3) is 0.286. The van der Waals surface area contributed by atoms with E-state index in [1.807, 2.05) is 56.3 Å². The van der Waals surface area contributed by atoms with Crippen molar-refractivity contribution in [2.45, 2.75) is 33.2 Å². The molecule has 1 N–H and O–H groups in total. The average Bonchev–Trinajstić information content (AvgIpc) is 3.09. The maximum Gasteiger partial charge on any atom is 0.326 e. The Morgan fingerprint density at radius 2 is 1.74 bits per heavy atom. The summed E-state index contributed by atoms with van der Waals surface area (Å²) in [4.78, 5) is 28.6. The van der Waals surface area contributed by atoms with Crippen LogP contribution in [0.1, 0.15) is 25.0 Å². The van der Waals surface area contributed by atoms with E-state index in [2.05, 4.69) is 10.3 Å². The highest BCUT2D eigenvalue weighted by Gasteiger charge is 2.13. The molecule has 0 spiro atoms. The van der Waals surface area contributed by atoms with Crippen molar-refractivity contribution >= 4 is 28.6 Å². The molecule has 0 bridgehead atoms. The van der Waals surface area contributed by atoms with Crippen molar-refractivity contribution in [2.75, 3.05) is 11.9 Å². The van der Waals surface area contributed by atoms with Gasteiger partial charge in [0.15, 0.2) is 6.61 Å². The van der Waals surface area contributed by atoms with Gasteiger partial charge in [0.1, 0.15) is 6.54 Å². The van der Waals surface area contributed by atoms with Crippen molar-refractivity contribution in [1.82, 2.24) is 9.55 Å². The highest BCUT2D eigenvalue weighted by molar-refractivity contribution is 5.94. The van der Waals surface area contributed by atoms with Crippen LogP contribution in [0.2, 0.25) is 0 Å². The quantitative estimate of drug-likeness (QED) is 0.652. The number of esters is 1. The van der Waals surface area contributed by atoms with E-state index in [0.29, 0.717) is 0 Å². The van der Waals surface area contributed by atoms with E-state index in [9.17, 15) is 9.59 Å². The lowest BCUT2D eigenvalue weighted by molar-refractivity contribution is -0.147. The predicted molar refractivity (Wildman–Crippen MR) is 105 cm³/mol. The first-order valence-electron chi connectivity index (χ1n) is 9.08. The SMILES string of the molecule is CCc1cccc(CC)c1NC(=O)COC(=O)Cn1cnc2ccccc21. The molecule has 0 saturated carbocycles. The predicted octanol–water partition coefficient (Wildman–Crippen LogP) is 3.34. The molecule has 6 nitrogen and oxygen atoms in total. The van der Waals surface area contributed by atoms with Gasteiger partial charge in [0.2, 0.25) is 0 Å². The van der Waals surface area contributed by atoms with Crippen LogP contribution in [0.5, 0.6) is 0 Å². The summed E-state index contributed by atoms with van der Waals surface area (Å²) < 4.78 is 6.85. The Kier molecular flexibility index (Phi) is 5.86. The topological polar surface area (TPSA) is 73.2 Å². The lowest BCUT2D eigenvalue weighted by atomic mass is 10.0. The molecule has 1 amide bonds. The maximum absolute atomic E-state index is 12.3. The minimum absolute atomic E-state index is 0.0134. The zero-order valence-corrected chi connectivity index (χ0v) is 15.6. The molecular formula is C21H23N3O3. The molecule has 0 unspecified atom stereocenters. The third-order valence-corrected chi connectivity index (χ3v) is 4.45. The van der Waals surface area contributed by atoms with E-state index in [4.69, 9.17) is 4.74 Å². The van der Waals surface area contributed by atoms with Gasteiger partial charge >= 0.3 is 5.97 Å². The number of hydrogen-bond acceptors (Lipinski definition) is 4. The number of fused-ring (bicyclic) bond motifs is 1. The summed E-state index contributed by atoms with van der Waals surface area (Å²) in [7, 11) is 0. The molecule has 140 valence electrons. The second-order valence-electron chi connectivity index (χ2n) is 6.23. The molecule has 0 aliphatic rings. The number of imidazole rings is 1. The van der Waals surface area contributed by atoms with Crippen LogP contribution >= 0.6 is 0 Å². The Hall–Kier alpha value is -3.15. The molecule has 0 aliphatic heterocycles. The van der Waals surface area contributed by atoms with Crippen LogP contribution in [0.4, 0.5) is 5.69 Å². The Morgan fingerprint density at radius 3 is 2.44 bits per heavy atom. The molecule has 0 radical (unpaired) electrons. The van der Waals surface area contributed by atoms with Crippen molar-refractivity contribution in [3.63, 3.8) is 0 Å². The molecule has 0 fully saturated rings. The van der Waals surface area contributed by atoms with Gasteiger partial charge in [-0.3, -0.25) is 9.59 Å². The molecule has 27 heavy (non-hydrogen) atoms. The minimum Gasteiger partial charge on any atom is -0.454 e. The van der Waals surface area contributed by atoms with Gasteiger partial charge in [0, 0.05) is 5.69 Å². The van der Waals surface area contributed by atoms with Gasteiger partial charge in [-0.2, -0.15) is 0 Å². The van der Waals surface area contributed by atoms with E-state index in [1.54, 1.807) is 10.9 Å². The van der Waals surface area contributed by atoms with E-state index >= 15 is 0 Å². The van der Waals surface area contributed by atoms with Crippen LogP contribution in [-0.4, -0.2) is 28.0 Å². The number of aromatic nitrogens is 2. The van der Waals surface area contributed by atoms with Crippen LogP contribution in [0.25, 0.3) is 11.0 Å². The standard InChI is InChI=1S/C21H23N3O3/c1-3-15-8-7-9-16(4-2)21(15)23-19(25)13-27-20(26)12-24-14-22-17-10-5-6-11-18(17)24/h5-11,14H,3-4,12-13H2,1-2H3,(H,23,25). The molecule has 3 aromatic rings. The molecule has 3 rings (SSSR count). The number of benzene rings is 2. The normalized spacial score (nSPS) is 10.7. The number of nitrogens with zero attached hydrogens (tertiary/aromatic N) is 2. The Labute approximate surface area is 158 Å². The highest BCUT2D eigenvalue weighted by atomic mass is 16.5. The zero-order valence-electron chi connectivity index (χ0n) is 15.6. The summed E-state index contributed by atoms with van der Waals surface area (Å²) in [5.74, 6) is -0.817. The first-order valence-corrected chi connectivity index (χ1v) is 9.08. The van der Waals surface area contributed by atoms with Gasteiger partial charge in [-0.25, -0.2) is 4.98 Å². The highest BCUT2D eigenvalue weighted by Crippen LogP contribution is 2.22. The fourth-order valence-electron chi connectivity index (χ4n) is 3.05. The summed E-state index contributed by atoms with van der Waals surface area (Å²) >= 11 is 0. The number of ether oxygens (including phenoxy) is 1. The van der Waals surface area contributed by atoms with E-state index < -0.39 is 5.97 Å². The van der Waals surface area contributed by atoms with Crippen molar-refractivity contribution in [1.29, 1.82) is 0 Å². The summed E-state index contributed by atoms with van der Waals surface area (Å²) in [5.41, 5.74) is 4.62. The zero-order chi connectivity index (χ0) is 19.2. The van der Waals surface area contributed by atoms with Crippen LogP contribution in [0.3, 0.4) is 0 Å². The van der Waals surface area contributed by atoms with Gasteiger partial charge in [0.05, 0.1) is 17.4 Å². The van der Waals surface area contributed by atoms with E-state index in [1.165, 1.54) is 0 Å². The molecule has 1 aromatic heterocycles. The first-order chi connectivity index (χ1) is 13.1. The van der Waals surface area contributed by atoms with Gasteiger partial charge in [0.25, 0.3) is 5.91 Å². The number of aryl methyl sites for hydroxylation is 2. The summed E-state index contributed by atoms with van der Waals surface area (Å²) in [6.45, 7) is 3.78. The van der Waals surface area contributed by atoms with Crippen molar-refractivity contribution in [3.05, 3.63) is 59.9 Å². The molecule has 1 heterocycles. The Morgan fingerprint density at radius 1 is 1.04 bits per heavy atom. The Balaban J connectivity index is 1.59.